The van der Waals surface area contributed by atoms with Crippen LogP contribution >= 0.6 is 23.2 Å². The molecule has 0 bridgehead atoms. The summed E-state index contributed by atoms with van der Waals surface area (Å²) < 4.78 is 2.60. The van der Waals surface area contributed by atoms with Crippen LogP contribution in [0.2, 0.25) is 10.0 Å². The summed E-state index contributed by atoms with van der Waals surface area (Å²) >= 11 is 12.2. The highest BCUT2D eigenvalue weighted by Crippen LogP contribution is 2.27. The van der Waals surface area contributed by atoms with Crippen LogP contribution < -0.4 is 10.9 Å². The minimum atomic E-state index is -1.30. The molecular weight excluding hydrogens is 447 g/mol. The maximum Gasteiger partial charge on any atom is 0.322 e. The van der Waals surface area contributed by atoms with Gasteiger partial charge in [-0.15, -0.1) is 0 Å². The summed E-state index contributed by atoms with van der Waals surface area (Å²) in [7, 11) is 0. The Morgan fingerprint density at radius 2 is 1.87 bits per heavy atom. The summed E-state index contributed by atoms with van der Waals surface area (Å²) in [6.07, 6.45) is 0. The predicted molar refractivity (Wildman–Crippen MR) is 114 cm³/mol. The monoisotopic (exact) mass is 460 g/mol. The van der Waals surface area contributed by atoms with Gasteiger partial charge in [0, 0.05) is 10.0 Å². The van der Waals surface area contributed by atoms with Gasteiger partial charge in [0.05, 0.1) is 17.6 Å². The predicted octanol–water partition coefficient (Wildman–Crippen LogP) is 2.52. The van der Waals surface area contributed by atoms with Crippen molar-refractivity contribution in [3.63, 3.8) is 0 Å². The fourth-order valence-electron chi connectivity index (χ4n) is 3.25. The molecule has 0 aliphatic carbocycles. The maximum absolute atomic E-state index is 13.3. The van der Waals surface area contributed by atoms with Crippen molar-refractivity contribution >= 4 is 51.8 Å². The molecule has 2 aromatic heterocycles. The second-order valence-corrected chi connectivity index (χ2v) is 7.48. The van der Waals surface area contributed by atoms with Crippen LogP contribution in [0.15, 0.2) is 47.3 Å². The summed E-state index contributed by atoms with van der Waals surface area (Å²) in [5.74, 6) is -2.98. The fraction of sp³-hybridized carbons (Fsp3) is 0.100. The Morgan fingerprint density at radius 1 is 1.13 bits per heavy atom. The highest BCUT2D eigenvalue weighted by molar-refractivity contribution is 6.35. The van der Waals surface area contributed by atoms with Gasteiger partial charge in [-0.1, -0.05) is 41.4 Å². The Morgan fingerprint density at radius 3 is 2.58 bits per heavy atom. The van der Waals surface area contributed by atoms with Gasteiger partial charge in [0.1, 0.15) is 6.54 Å². The Bertz CT molecular complexity index is 1430. The summed E-state index contributed by atoms with van der Waals surface area (Å²) in [6, 6.07) is 11.6. The summed E-state index contributed by atoms with van der Waals surface area (Å²) in [6.45, 7) is -0.784. The zero-order valence-electron chi connectivity index (χ0n) is 15.7. The first-order chi connectivity index (χ1) is 14.8. The molecule has 0 saturated carbocycles. The van der Waals surface area contributed by atoms with Crippen molar-refractivity contribution in [2.75, 3.05) is 6.54 Å². The van der Waals surface area contributed by atoms with Crippen LogP contribution in [0.25, 0.3) is 16.7 Å². The molecule has 0 aliphatic heterocycles. The first-order valence-electron chi connectivity index (χ1n) is 8.95. The van der Waals surface area contributed by atoms with Crippen LogP contribution in [0.4, 0.5) is 0 Å². The van der Waals surface area contributed by atoms with Gasteiger partial charge in [0.2, 0.25) is 0 Å². The topological polar surface area (TPSA) is 126 Å². The number of hydrogen-bond acceptors (Lipinski definition) is 5. The lowest BCUT2D eigenvalue weighted by molar-refractivity contribution is -0.135. The molecule has 9 nitrogen and oxygen atoms in total. The smallest absolute Gasteiger partial charge is 0.322 e. The van der Waals surface area contributed by atoms with Crippen LogP contribution in [0.1, 0.15) is 15.9 Å². The minimum absolute atomic E-state index is 0.0358. The van der Waals surface area contributed by atoms with E-state index in [1.54, 1.807) is 36.4 Å². The van der Waals surface area contributed by atoms with Gasteiger partial charge >= 0.3 is 5.97 Å². The lowest BCUT2D eigenvalue weighted by Gasteiger charge is -2.15. The number of nitrogens with one attached hydrogen (secondary N) is 1. The van der Waals surface area contributed by atoms with Crippen molar-refractivity contribution in [3.8, 4) is 5.75 Å². The molecule has 158 valence electrons. The number of amides is 1. The number of para-hydroxylation sites is 2. The zero-order chi connectivity index (χ0) is 22.3. The van der Waals surface area contributed by atoms with Gasteiger partial charge in [-0.25, -0.2) is 14.2 Å². The molecule has 11 heteroatoms. The molecule has 31 heavy (non-hydrogen) atoms. The third kappa shape index (κ3) is 3.69. The van der Waals surface area contributed by atoms with Crippen molar-refractivity contribution in [1.29, 1.82) is 0 Å². The maximum atomic E-state index is 13.3. The number of carboxylic acid groups (broad SMARTS) is 1. The highest BCUT2D eigenvalue weighted by atomic mass is 35.5. The molecular formula is C20H14Cl2N4O5. The van der Waals surface area contributed by atoms with E-state index in [1.807, 2.05) is 0 Å². The molecule has 2 heterocycles. The van der Waals surface area contributed by atoms with E-state index < -0.39 is 35.3 Å². The largest absolute Gasteiger partial charge is 0.504 e. The minimum Gasteiger partial charge on any atom is -0.504 e. The molecule has 1 amide bonds. The molecule has 0 fully saturated rings. The van der Waals surface area contributed by atoms with Crippen molar-refractivity contribution in [2.24, 2.45) is 0 Å². The number of aromatic hydroxyl groups is 1. The average Bonchev–Trinajstić information content (AvgIpc) is 3.11. The van der Waals surface area contributed by atoms with E-state index in [9.17, 15) is 19.5 Å². The molecule has 0 aliphatic rings. The van der Waals surface area contributed by atoms with Gasteiger partial charge in [0.25, 0.3) is 11.5 Å². The van der Waals surface area contributed by atoms with Gasteiger partial charge in [-0.2, -0.15) is 0 Å². The third-order valence-corrected chi connectivity index (χ3v) is 5.22. The summed E-state index contributed by atoms with van der Waals surface area (Å²) in [5.41, 5.74) is 0.0427. The van der Waals surface area contributed by atoms with E-state index in [0.717, 1.165) is 0 Å². The summed E-state index contributed by atoms with van der Waals surface area (Å²) in [5, 5.41) is 22.3. The number of benzene rings is 2. The number of fused-ring (bicyclic) bond motifs is 3. The van der Waals surface area contributed by atoms with Gasteiger partial charge in [-0.3, -0.25) is 14.4 Å². The second kappa shape index (κ2) is 7.93. The van der Waals surface area contributed by atoms with E-state index in [2.05, 4.69) is 10.3 Å². The average molecular weight is 461 g/mol. The van der Waals surface area contributed by atoms with Crippen molar-refractivity contribution < 1.29 is 19.8 Å². The summed E-state index contributed by atoms with van der Waals surface area (Å²) in [4.78, 5) is 41.0. The molecule has 0 spiro atoms. The number of halogens is 2. The number of nitrogens with zero attached hydrogens (tertiary/aromatic N) is 3. The van der Waals surface area contributed by atoms with Crippen LogP contribution in [0.3, 0.4) is 0 Å². The van der Waals surface area contributed by atoms with E-state index in [-0.39, 0.29) is 12.2 Å². The number of aromatic nitrogens is 3. The number of hydrogen-bond donors (Lipinski definition) is 3. The second-order valence-electron chi connectivity index (χ2n) is 6.63. The van der Waals surface area contributed by atoms with Crippen molar-refractivity contribution in [2.45, 2.75) is 6.54 Å². The molecule has 0 saturated heterocycles. The van der Waals surface area contributed by atoms with Crippen LogP contribution in [0.5, 0.6) is 5.75 Å². The Labute approximate surface area is 184 Å². The number of aliphatic carboxylic acids is 1. The Hall–Kier alpha value is -3.56. The SMILES string of the molecule is O=C(O)CNC(=O)c1c(O)c2nc3ccccc3n2n(Cc2ccc(Cl)cc2Cl)c1=O. The number of carbonyl (C=O) groups is 2. The van der Waals surface area contributed by atoms with E-state index >= 15 is 0 Å². The number of carboxylic acids is 1. The van der Waals surface area contributed by atoms with Crippen LogP contribution in [0, 0.1) is 0 Å². The van der Waals surface area contributed by atoms with Crippen molar-refractivity contribution in [3.05, 3.63) is 74.0 Å². The van der Waals surface area contributed by atoms with Crippen LogP contribution in [-0.2, 0) is 11.3 Å². The highest BCUT2D eigenvalue weighted by Gasteiger charge is 2.25. The molecule has 2 aromatic carbocycles. The lowest BCUT2D eigenvalue weighted by Crippen LogP contribution is -2.37. The zero-order valence-corrected chi connectivity index (χ0v) is 17.2. The van der Waals surface area contributed by atoms with Crippen molar-refractivity contribution in [1.82, 2.24) is 19.5 Å². The molecule has 3 N–H and O–H groups in total. The number of imidazole rings is 1. The third-order valence-electron chi connectivity index (χ3n) is 4.64. The Kier molecular flexibility index (Phi) is 5.30. The first kappa shape index (κ1) is 20.7. The number of rotatable bonds is 5. The van der Waals surface area contributed by atoms with E-state index in [4.69, 9.17) is 28.3 Å². The van der Waals surface area contributed by atoms with Gasteiger partial charge < -0.3 is 15.5 Å². The molecule has 4 aromatic rings. The molecule has 0 atom stereocenters. The molecule has 0 radical (unpaired) electrons. The van der Waals surface area contributed by atoms with E-state index in [0.29, 0.717) is 26.6 Å². The normalized spacial score (nSPS) is 11.2. The molecule has 0 unspecified atom stereocenters. The Balaban J connectivity index is 2.00. The van der Waals surface area contributed by atoms with Gasteiger partial charge in [-0.05, 0) is 29.8 Å². The standard InChI is InChI=1S/C20H14Cl2N4O5/c21-11-6-5-10(12(22)7-11)9-25-20(31)16(19(30)23-8-15(27)28)17(29)18-24-13-3-1-2-4-14(13)26(18)25/h1-7,29H,8-9H2,(H,23,30)(H,27,28). The van der Waals surface area contributed by atoms with E-state index in [1.165, 1.54) is 15.3 Å². The quantitative estimate of drug-likeness (QED) is 0.420. The fourth-order valence-corrected chi connectivity index (χ4v) is 3.71. The van der Waals surface area contributed by atoms with Crippen LogP contribution in [-0.4, -0.2) is 42.8 Å². The lowest BCUT2D eigenvalue weighted by atomic mass is 10.2. The number of carbonyl (C=O) groups excluding carboxylic acids is 1. The first-order valence-corrected chi connectivity index (χ1v) is 9.70. The van der Waals surface area contributed by atoms with Gasteiger partial charge in [0.15, 0.2) is 17.0 Å². The molecule has 4 rings (SSSR count).